The molecule has 2 N–H and O–H groups in total. The Morgan fingerprint density at radius 1 is 1.16 bits per heavy atom. The lowest BCUT2D eigenvalue weighted by atomic mass is 9.81. The Balaban J connectivity index is 1.41. The third-order valence-corrected chi connectivity index (χ3v) is 6.40. The summed E-state index contributed by atoms with van der Waals surface area (Å²) < 4.78 is 6.44. The highest BCUT2D eigenvalue weighted by Gasteiger charge is 2.40. The number of aryl methyl sites for hydroxylation is 1. The van der Waals surface area contributed by atoms with Crippen molar-refractivity contribution in [3.05, 3.63) is 29.3 Å². The van der Waals surface area contributed by atoms with Crippen molar-refractivity contribution in [2.24, 2.45) is 0 Å². The van der Waals surface area contributed by atoms with Crippen molar-refractivity contribution in [2.75, 3.05) is 13.1 Å². The number of hydroxylamine groups is 1. The first-order valence-electron chi connectivity index (χ1n) is 9.70. The third kappa shape index (κ3) is 3.40. The zero-order chi connectivity index (χ0) is 17.3. The predicted octanol–water partition coefficient (Wildman–Crippen LogP) is 3.30. The lowest BCUT2D eigenvalue weighted by Gasteiger charge is -2.47. The van der Waals surface area contributed by atoms with Gasteiger partial charge < -0.3 is 9.64 Å². The fraction of sp³-hybridized carbons (Fsp3) is 0.650. The summed E-state index contributed by atoms with van der Waals surface area (Å²) in [7, 11) is 0. The van der Waals surface area contributed by atoms with Gasteiger partial charge in [-0.2, -0.15) is 0 Å². The van der Waals surface area contributed by atoms with Crippen LogP contribution in [0.3, 0.4) is 0 Å². The van der Waals surface area contributed by atoms with Crippen LogP contribution < -0.4 is 10.2 Å². The predicted molar refractivity (Wildman–Crippen MR) is 95.1 cm³/mol. The molecule has 1 saturated carbocycles. The van der Waals surface area contributed by atoms with E-state index >= 15 is 0 Å². The molecule has 0 unspecified atom stereocenters. The molecule has 1 aromatic carbocycles. The summed E-state index contributed by atoms with van der Waals surface area (Å²) in [6, 6.07) is 6.24. The minimum absolute atomic E-state index is 0.0288. The van der Waals surface area contributed by atoms with E-state index in [2.05, 4.69) is 4.90 Å². The maximum atomic E-state index is 11.6. The topological polar surface area (TPSA) is 61.8 Å². The minimum atomic E-state index is -0.469. The SMILES string of the molecule is O=C(NO)c1ccc2c(c1)CCC1(CCN(C3CCCCC3)CC1)O2. The highest BCUT2D eigenvalue weighted by molar-refractivity contribution is 5.93. The first kappa shape index (κ1) is 16.9. The molecule has 2 aliphatic heterocycles. The Morgan fingerprint density at radius 3 is 2.64 bits per heavy atom. The Hall–Kier alpha value is -1.59. The van der Waals surface area contributed by atoms with Gasteiger partial charge in [0.15, 0.2) is 0 Å². The second-order valence-electron chi connectivity index (χ2n) is 7.88. The van der Waals surface area contributed by atoms with Crippen molar-refractivity contribution in [1.82, 2.24) is 10.4 Å². The number of benzene rings is 1. The van der Waals surface area contributed by atoms with Gasteiger partial charge in [-0.05, 0) is 62.3 Å². The van der Waals surface area contributed by atoms with Gasteiger partial charge in [0.2, 0.25) is 0 Å². The summed E-state index contributed by atoms with van der Waals surface area (Å²) in [5.41, 5.74) is 3.22. The van der Waals surface area contributed by atoms with E-state index in [4.69, 9.17) is 9.94 Å². The van der Waals surface area contributed by atoms with Crippen molar-refractivity contribution in [2.45, 2.75) is 69.4 Å². The Morgan fingerprint density at radius 2 is 1.92 bits per heavy atom. The average Bonchev–Trinajstić information content (AvgIpc) is 2.68. The summed E-state index contributed by atoms with van der Waals surface area (Å²) in [4.78, 5) is 14.3. The molecule has 0 radical (unpaired) electrons. The Labute approximate surface area is 149 Å². The van der Waals surface area contributed by atoms with Crippen molar-refractivity contribution >= 4 is 5.91 Å². The van der Waals surface area contributed by atoms with E-state index in [1.807, 2.05) is 12.1 Å². The number of rotatable bonds is 2. The van der Waals surface area contributed by atoms with E-state index in [1.165, 1.54) is 32.1 Å². The number of carbonyl (C=O) groups is 1. The fourth-order valence-electron chi connectivity index (χ4n) is 4.82. The van der Waals surface area contributed by atoms with Gasteiger partial charge in [0.25, 0.3) is 5.91 Å². The van der Waals surface area contributed by atoms with Crippen LogP contribution in [0.25, 0.3) is 0 Å². The van der Waals surface area contributed by atoms with Crippen LogP contribution in [0.1, 0.15) is 67.3 Å². The number of ether oxygens (including phenoxy) is 1. The van der Waals surface area contributed by atoms with Crippen LogP contribution in [0.15, 0.2) is 18.2 Å². The van der Waals surface area contributed by atoms with Crippen LogP contribution in [0.4, 0.5) is 0 Å². The molecule has 2 heterocycles. The lowest BCUT2D eigenvalue weighted by Crippen LogP contribution is -2.52. The minimum Gasteiger partial charge on any atom is -0.487 e. The smallest absolute Gasteiger partial charge is 0.274 e. The molecule has 0 bridgehead atoms. The van der Waals surface area contributed by atoms with Gasteiger partial charge in [-0.25, -0.2) is 5.48 Å². The van der Waals surface area contributed by atoms with Crippen LogP contribution in [-0.2, 0) is 6.42 Å². The van der Waals surface area contributed by atoms with Gasteiger partial charge in [0.1, 0.15) is 11.4 Å². The van der Waals surface area contributed by atoms with Crippen LogP contribution >= 0.6 is 0 Å². The van der Waals surface area contributed by atoms with E-state index < -0.39 is 5.91 Å². The maximum absolute atomic E-state index is 11.6. The molecule has 5 nitrogen and oxygen atoms in total. The van der Waals surface area contributed by atoms with Gasteiger partial charge >= 0.3 is 0 Å². The van der Waals surface area contributed by atoms with Crippen molar-refractivity contribution in [3.63, 3.8) is 0 Å². The molecular weight excluding hydrogens is 316 g/mol. The maximum Gasteiger partial charge on any atom is 0.274 e. The summed E-state index contributed by atoms with van der Waals surface area (Å²) in [6.45, 7) is 2.29. The largest absolute Gasteiger partial charge is 0.487 e. The molecule has 25 heavy (non-hydrogen) atoms. The molecular formula is C20H28N2O3. The van der Waals surface area contributed by atoms with Gasteiger partial charge in [0, 0.05) is 24.7 Å². The van der Waals surface area contributed by atoms with Crippen LogP contribution in [0.2, 0.25) is 0 Å². The van der Waals surface area contributed by atoms with E-state index in [0.29, 0.717) is 5.56 Å². The molecule has 1 amide bonds. The van der Waals surface area contributed by atoms with Crippen molar-refractivity contribution < 1.29 is 14.7 Å². The first-order valence-corrected chi connectivity index (χ1v) is 9.70. The van der Waals surface area contributed by atoms with Gasteiger partial charge in [-0.3, -0.25) is 10.0 Å². The van der Waals surface area contributed by atoms with E-state index in [0.717, 1.165) is 56.1 Å². The fourth-order valence-corrected chi connectivity index (χ4v) is 4.82. The van der Waals surface area contributed by atoms with Crippen LogP contribution in [-0.4, -0.2) is 40.7 Å². The molecule has 3 aliphatic rings. The van der Waals surface area contributed by atoms with Gasteiger partial charge in [-0.15, -0.1) is 0 Å². The quantitative estimate of drug-likeness (QED) is 0.638. The monoisotopic (exact) mass is 344 g/mol. The first-order chi connectivity index (χ1) is 12.2. The highest BCUT2D eigenvalue weighted by Crippen LogP contribution is 2.40. The number of likely N-dealkylation sites (tertiary alicyclic amines) is 1. The van der Waals surface area contributed by atoms with E-state index in [1.54, 1.807) is 11.5 Å². The molecule has 4 rings (SSSR count). The van der Waals surface area contributed by atoms with Crippen molar-refractivity contribution in [3.8, 4) is 5.75 Å². The zero-order valence-electron chi connectivity index (χ0n) is 14.8. The number of fused-ring (bicyclic) bond motifs is 1. The molecule has 1 aliphatic carbocycles. The molecule has 5 heteroatoms. The molecule has 136 valence electrons. The van der Waals surface area contributed by atoms with Gasteiger partial charge in [0.05, 0.1) is 0 Å². The van der Waals surface area contributed by atoms with E-state index in [-0.39, 0.29) is 5.60 Å². The molecule has 2 fully saturated rings. The Kier molecular flexibility index (Phi) is 4.69. The number of nitrogens with zero attached hydrogens (tertiary/aromatic N) is 1. The number of hydrogen-bond donors (Lipinski definition) is 2. The third-order valence-electron chi connectivity index (χ3n) is 6.40. The number of piperidine rings is 1. The summed E-state index contributed by atoms with van der Waals surface area (Å²) in [5.74, 6) is 0.440. The van der Waals surface area contributed by atoms with E-state index in [9.17, 15) is 4.79 Å². The van der Waals surface area contributed by atoms with Crippen molar-refractivity contribution in [1.29, 1.82) is 0 Å². The summed E-state index contributed by atoms with van der Waals surface area (Å²) in [5, 5.41) is 8.79. The molecule has 1 aromatic rings. The second kappa shape index (κ2) is 6.96. The number of nitrogens with one attached hydrogen (secondary N) is 1. The van der Waals surface area contributed by atoms with Crippen LogP contribution in [0.5, 0.6) is 5.75 Å². The molecule has 1 saturated heterocycles. The normalized spacial score (nSPS) is 23.7. The summed E-state index contributed by atoms with van der Waals surface area (Å²) in [6.07, 6.45) is 11.1. The number of hydrogen-bond acceptors (Lipinski definition) is 4. The van der Waals surface area contributed by atoms with Crippen LogP contribution in [0, 0.1) is 0 Å². The van der Waals surface area contributed by atoms with Gasteiger partial charge in [-0.1, -0.05) is 19.3 Å². The molecule has 1 spiro atoms. The average molecular weight is 344 g/mol. The Bertz CT molecular complexity index is 632. The summed E-state index contributed by atoms with van der Waals surface area (Å²) >= 11 is 0. The highest BCUT2D eigenvalue weighted by atomic mass is 16.5. The number of amides is 1. The standard InChI is InChI=1S/C20H28N2O3/c23-19(21-24)16-6-7-18-15(14-16)8-9-20(25-18)10-12-22(13-11-20)17-4-2-1-3-5-17/h6-7,14,17,24H,1-5,8-13H2,(H,21,23). The zero-order valence-corrected chi connectivity index (χ0v) is 14.8. The lowest BCUT2D eigenvalue weighted by molar-refractivity contribution is -0.0284. The molecule has 0 aromatic heterocycles. The second-order valence-corrected chi connectivity index (χ2v) is 7.88. The molecule has 0 atom stereocenters. The number of carbonyl (C=O) groups excluding carboxylic acids is 1.